The van der Waals surface area contributed by atoms with Gasteiger partial charge < -0.3 is 15.0 Å². The minimum Gasteiger partial charge on any atom is -0.372 e. The molecule has 1 saturated heterocycles. The number of rotatable bonds is 5. The first kappa shape index (κ1) is 17.6. The van der Waals surface area contributed by atoms with E-state index in [0.717, 1.165) is 29.9 Å². The van der Waals surface area contributed by atoms with Crippen LogP contribution in [0.1, 0.15) is 35.5 Å². The van der Waals surface area contributed by atoms with E-state index in [1.165, 1.54) is 0 Å². The Morgan fingerprint density at radius 1 is 1.12 bits per heavy atom. The molecule has 132 valence electrons. The maximum absolute atomic E-state index is 12.6. The molecule has 2 atom stereocenters. The summed E-state index contributed by atoms with van der Waals surface area (Å²) in [7, 11) is 0. The molecule has 25 heavy (non-hydrogen) atoms. The van der Waals surface area contributed by atoms with Gasteiger partial charge in [0.2, 0.25) is 0 Å². The Bertz CT molecular complexity index is 678. The van der Waals surface area contributed by atoms with Crippen LogP contribution in [0.15, 0.2) is 48.7 Å². The van der Waals surface area contributed by atoms with Crippen molar-refractivity contribution < 1.29 is 9.53 Å². The third-order valence-electron chi connectivity index (χ3n) is 4.27. The predicted molar refractivity (Wildman–Crippen MR) is 97.1 cm³/mol. The first-order chi connectivity index (χ1) is 12.1. The van der Waals surface area contributed by atoms with E-state index in [4.69, 9.17) is 4.74 Å². The van der Waals surface area contributed by atoms with Gasteiger partial charge in [-0.25, -0.2) is 0 Å². The zero-order valence-electron chi connectivity index (χ0n) is 14.8. The molecule has 1 N–H and O–H groups in total. The predicted octanol–water partition coefficient (Wildman–Crippen LogP) is 2.62. The Hall–Kier alpha value is -2.24. The Balaban J connectivity index is 1.53. The monoisotopic (exact) mass is 339 g/mol. The normalized spacial score (nSPS) is 20.5. The average molecular weight is 339 g/mol. The van der Waals surface area contributed by atoms with Gasteiger partial charge in [-0.15, -0.1) is 0 Å². The van der Waals surface area contributed by atoms with E-state index < -0.39 is 0 Å². The summed E-state index contributed by atoms with van der Waals surface area (Å²) < 4.78 is 5.70. The van der Waals surface area contributed by atoms with Gasteiger partial charge in [0, 0.05) is 37.9 Å². The minimum absolute atomic E-state index is 0.0787. The molecule has 1 fully saturated rings. The lowest BCUT2D eigenvalue weighted by Gasteiger charge is -2.35. The van der Waals surface area contributed by atoms with E-state index in [0.29, 0.717) is 13.1 Å². The van der Waals surface area contributed by atoms with Crippen molar-refractivity contribution in [2.75, 3.05) is 13.1 Å². The second-order valence-corrected chi connectivity index (χ2v) is 6.59. The zero-order chi connectivity index (χ0) is 17.6. The molecule has 5 nitrogen and oxygen atoms in total. The van der Waals surface area contributed by atoms with Crippen LogP contribution in [0.4, 0.5) is 0 Å². The number of pyridine rings is 1. The van der Waals surface area contributed by atoms with E-state index in [2.05, 4.69) is 10.3 Å². The first-order valence-electron chi connectivity index (χ1n) is 8.76. The van der Waals surface area contributed by atoms with Gasteiger partial charge in [-0.05, 0) is 43.7 Å². The summed E-state index contributed by atoms with van der Waals surface area (Å²) in [5.74, 6) is 0.0787. The maximum atomic E-state index is 12.6. The highest BCUT2D eigenvalue weighted by Crippen LogP contribution is 2.15. The largest absolute Gasteiger partial charge is 0.372 e. The molecule has 1 aliphatic rings. The molecule has 0 aliphatic carbocycles. The van der Waals surface area contributed by atoms with Crippen LogP contribution in [0.5, 0.6) is 0 Å². The minimum atomic E-state index is 0.0787. The molecule has 0 radical (unpaired) electrons. The van der Waals surface area contributed by atoms with Crippen molar-refractivity contribution in [1.82, 2.24) is 15.2 Å². The molecule has 1 aliphatic heterocycles. The highest BCUT2D eigenvalue weighted by atomic mass is 16.5. The van der Waals surface area contributed by atoms with E-state index in [1.807, 2.05) is 61.2 Å². The Kier molecular flexibility index (Phi) is 5.79. The van der Waals surface area contributed by atoms with Gasteiger partial charge in [0.1, 0.15) is 0 Å². The number of carbonyl (C=O) groups is 1. The van der Waals surface area contributed by atoms with Crippen LogP contribution in [-0.4, -0.2) is 41.1 Å². The standard InChI is InChI=1S/C20H25N3O2/c1-15-13-23(14-16(2)25-15)20(24)18-8-6-17(7-9-18)11-21-12-19-5-3-4-10-22-19/h3-10,15-16,21H,11-14H2,1-2H3. The molecule has 1 aromatic carbocycles. The fourth-order valence-corrected chi connectivity index (χ4v) is 3.13. The number of carbonyl (C=O) groups excluding carboxylic acids is 1. The smallest absolute Gasteiger partial charge is 0.254 e. The third-order valence-corrected chi connectivity index (χ3v) is 4.27. The van der Waals surface area contributed by atoms with Gasteiger partial charge in [0.15, 0.2) is 0 Å². The number of ether oxygens (including phenoxy) is 1. The molecule has 0 spiro atoms. The molecule has 1 amide bonds. The van der Waals surface area contributed by atoms with E-state index in [1.54, 1.807) is 6.20 Å². The van der Waals surface area contributed by atoms with Gasteiger partial charge in [-0.2, -0.15) is 0 Å². The van der Waals surface area contributed by atoms with Crippen molar-refractivity contribution >= 4 is 5.91 Å². The highest BCUT2D eigenvalue weighted by Gasteiger charge is 2.26. The Morgan fingerprint density at radius 2 is 1.84 bits per heavy atom. The molecular weight excluding hydrogens is 314 g/mol. The molecule has 0 saturated carbocycles. The summed E-state index contributed by atoms with van der Waals surface area (Å²) in [5.41, 5.74) is 2.90. The van der Waals surface area contributed by atoms with Crippen LogP contribution in [0.2, 0.25) is 0 Å². The van der Waals surface area contributed by atoms with Crippen molar-refractivity contribution in [1.29, 1.82) is 0 Å². The van der Waals surface area contributed by atoms with E-state index in [-0.39, 0.29) is 18.1 Å². The molecule has 2 aromatic rings. The van der Waals surface area contributed by atoms with Gasteiger partial charge in [0.25, 0.3) is 5.91 Å². The lowest BCUT2D eigenvalue weighted by atomic mass is 10.1. The topological polar surface area (TPSA) is 54.5 Å². The van der Waals surface area contributed by atoms with Crippen molar-refractivity contribution in [3.63, 3.8) is 0 Å². The summed E-state index contributed by atoms with van der Waals surface area (Å²) in [6, 6.07) is 13.7. The van der Waals surface area contributed by atoms with Gasteiger partial charge in [0.05, 0.1) is 17.9 Å². The number of morpholine rings is 1. The van der Waals surface area contributed by atoms with Gasteiger partial charge in [-0.3, -0.25) is 9.78 Å². The average Bonchev–Trinajstić information content (AvgIpc) is 2.62. The fourth-order valence-electron chi connectivity index (χ4n) is 3.13. The van der Waals surface area contributed by atoms with Gasteiger partial charge >= 0.3 is 0 Å². The number of hydrogen-bond donors (Lipinski definition) is 1. The number of benzene rings is 1. The number of nitrogens with one attached hydrogen (secondary N) is 1. The molecule has 0 bridgehead atoms. The Labute approximate surface area is 149 Å². The van der Waals surface area contributed by atoms with Crippen LogP contribution in [0.3, 0.4) is 0 Å². The lowest BCUT2D eigenvalue weighted by molar-refractivity contribution is -0.0586. The van der Waals surface area contributed by atoms with Crippen molar-refractivity contribution in [3.05, 3.63) is 65.5 Å². The fraction of sp³-hybridized carbons (Fsp3) is 0.400. The summed E-state index contributed by atoms with van der Waals surface area (Å²) in [6.07, 6.45) is 1.97. The molecule has 5 heteroatoms. The van der Waals surface area contributed by atoms with E-state index in [9.17, 15) is 4.79 Å². The van der Waals surface area contributed by atoms with E-state index >= 15 is 0 Å². The third kappa shape index (κ3) is 4.87. The molecule has 2 heterocycles. The maximum Gasteiger partial charge on any atom is 0.254 e. The second-order valence-electron chi connectivity index (χ2n) is 6.59. The molecule has 3 rings (SSSR count). The summed E-state index contributed by atoms with van der Waals surface area (Å²) in [5, 5.41) is 3.37. The SMILES string of the molecule is CC1CN(C(=O)c2ccc(CNCc3ccccn3)cc2)CC(C)O1. The number of hydrogen-bond acceptors (Lipinski definition) is 4. The van der Waals surface area contributed by atoms with Crippen molar-refractivity contribution in [3.8, 4) is 0 Å². The first-order valence-corrected chi connectivity index (χ1v) is 8.76. The number of amides is 1. The molecular formula is C20H25N3O2. The highest BCUT2D eigenvalue weighted by molar-refractivity contribution is 5.94. The van der Waals surface area contributed by atoms with Crippen LogP contribution >= 0.6 is 0 Å². The quantitative estimate of drug-likeness (QED) is 0.910. The van der Waals surface area contributed by atoms with Crippen molar-refractivity contribution in [2.45, 2.75) is 39.1 Å². The van der Waals surface area contributed by atoms with Crippen LogP contribution in [-0.2, 0) is 17.8 Å². The van der Waals surface area contributed by atoms with Crippen molar-refractivity contribution in [2.24, 2.45) is 0 Å². The summed E-state index contributed by atoms with van der Waals surface area (Å²) >= 11 is 0. The summed E-state index contributed by atoms with van der Waals surface area (Å²) in [6.45, 7) is 6.79. The van der Waals surface area contributed by atoms with Crippen LogP contribution < -0.4 is 5.32 Å². The zero-order valence-corrected chi connectivity index (χ0v) is 14.8. The molecule has 2 unspecified atom stereocenters. The van der Waals surface area contributed by atoms with Crippen LogP contribution in [0, 0.1) is 0 Å². The number of nitrogens with zero attached hydrogens (tertiary/aromatic N) is 2. The Morgan fingerprint density at radius 3 is 2.48 bits per heavy atom. The second kappa shape index (κ2) is 8.23. The number of aromatic nitrogens is 1. The van der Waals surface area contributed by atoms with Crippen LogP contribution in [0.25, 0.3) is 0 Å². The molecule has 1 aromatic heterocycles. The van der Waals surface area contributed by atoms with Gasteiger partial charge in [-0.1, -0.05) is 18.2 Å². The summed E-state index contributed by atoms with van der Waals surface area (Å²) in [4.78, 5) is 18.8. The lowest BCUT2D eigenvalue weighted by Crippen LogP contribution is -2.48.